The smallest absolute Gasteiger partial charge is 0.227 e. The minimum absolute atomic E-state index is 0.353. The van der Waals surface area contributed by atoms with Crippen molar-refractivity contribution in [2.45, 2.75) is 17.3 Å². The molecule has 1 aromatic carbocycles. The van der Waals surface area contributed by atoms with Gasteiger partial charge in [-0.15, -0.1) is 10.2 Å². The zero-order chi connectivity index (χ0) is 14.7. The molecular formula is C15H20N4OS. The maximum atomic E-state index is 5.39. The normalized spacial score (nSPS) is 17.0. The van der Waals surface area contributed by atoms with E-state index >= 15 is 0 Å². The van der Waals surface area contributed by atoms with E-state index in [4.69, 9.17) is 4.74 Å². The second kappa shape index (κ2) is 6.49. The Morgan fingerprint density at radius 2 is 1.86 bits per heavy atom. The second-order valence-electron chi connectivity index (χ2n) is 5.11. The first-order chi connectivity index (χ1) is 10.3. The van der Waals surface area contributed by atoms with E-state index in [-0.39, 0.29) is 0 Å². The monoisotopic (exact) mass is 304 g/mol. The Bertz CT molecular complexity index is 581. The van der Waals surface area contributed by atoms with Crippen molar-refractivity contribution in [3.05, 3.63) is 35.9 Å². The number of hydrogen-bond acceptors (Lipinski definition) is 5. The fraction of sp³-hybridized carbons (Fsp3) is 0.467. The van der Waals surface area contributed by atoms with E-state index in [1.54, 1.807) is 11.8 Å². The van der Waals surface area contributed by atoms with Crippen LogP contribution in [-0.2, 0) is 11.8 Å². The van der Waals surface area contributed by atoms with E-state index in [1.807, 2.05) is 13.1 Å². The third-order valence-electron chi connectivity index (χ3n) is 3.66. The first kappa shape index (κ1) is 14.4. The summed E-state index contributed by atoms with van der Waals surface area (Å²) in [4.78, 5) is 2.23. The van der Waals surface area contributed by atoms with Crippen LogP contribution in [-0.4, -0.2) is 41.1 Å². The van der Waals surface area contributed by atoms with E-state index in [2.05, 4.69) is 50.9 Å². The van der Waals surface area contributed by atoms with Gasteiger partial charge in [0.05, 0.1) is 13.2 Å². The first-order valence-electron chi connectivity index (χ1n) is 7.19. The Hall–Kier alpha value is -1.53. The van der Waals surface area contributed by atoms with Gasteiger partial charge in [0, 0.05) is 25.4 Å². The highest BCUT2D eigenvalue weighted by Gasteiger charge is 2.20. The summed E-state index contributed by atoms with van der Waals surface area (Å²) in [6.45, 7) is 5.48. The van der Waals surface area contributed by atoms with Crippen LogP contribution >= 0.6 is 11.8 Å². The number of morpholine rings is 1. The van der Waals surface area contributed by atoms with E-state index in [0.717, 1.165) is 37.4 Å². The van der Waals surface area contributed by atoms with Gasteiger partial charge >= 0.3 is 0 Å². The van der Waals surface area contributed by atoms with Gasteiger partial charge < -0.3 is 9.64 Å². The molecule has 0 spiro atoms. The van der Waals surface area contributed by atoms with E-state index < -0.39 is 0 Å². The van der Waals surface area contributed by atoms with Crippen molar-refractivity contribution in [2.24, 2.45) is 7.05 Å². The largest absolute Gasteiger partial charge is 0.378 e. The average molecular weight is 304 g/mol. The second-order valence-corrected chi connectivity index (χ2v) is 6.42. The number of benzene rings is 1. The van der Waals surface area contributed by atoms with Gasteiger partial charge in [-0.1, -0.05) is 42.1 Å². The summed E-state index contributed by atoms with van der Waals surface area (Å²) in [7, 11) is 2.03. The molecule has 5 nitrogen and oxygen atoms in total. The quantitative estimate of drug-likeness (QED) is 0.812. The lowest BCUT2D eigenvalue weighted by atomic mass is 10.2. The van der Waals surface area contributed by atoms with Crippen LogP contribution in [0.4, 0.5) is 5.95 Å². The van der Waals surface area contributed by atoms with Crippen molar-refractivity contribution in [3.8, 4) is 0 Å². The molecular weight excluding hydrogens is 284 g/mol. The van der Waals surface area contributed by atoms with Crippen LogP contribution in [0, 0.1) is 0 Å². The molecule has 0 saturated carbocycles. The van der Waals surface area contributed by atoms with Crippen molar-refractivity contribution in [1.82, 2.24) is 14.8 Å². The molecule has 1 aliphatic heterocycles. The van der Waals surface area contributed by atoms with Crippen molar-refractivity contribution in [2.75, 3.05) is 31.2 Å². The van der Waals surface area contributed by atoms with Crippen LogP contribution in [0.3, 0.4) is 0 Å². The van der Waals surface area contributed by atoms with E-state index in [0.29, 0.717) is 5.25 Å². The predicted molar refractivity (Wildman–Crippen MR) is 84.7 cm³/mol. The molecule has 1 atom stereocenters. The number of rotatable bonds is 4. The number of nitrogens with zero attached hydrogens (tertiary/aromatic N) is 4. The Morgan fingerprint density at radius 3 is 2.57 bits per heavy atom. The predicted octanol–water partition coefficient (Wildman–Crippen LogP) is 2.51. The van der Waals surface area contributed by atoms with Gasteiger partial charge in [0.1, 0.15) is 0 Å². The molecule has 0 aliphatic carbocycles. The minimum Gasteiger partial charge on any atom is -0.378 e. The molecule has 0 amide bonds. The van der Waals surface area contributed by atoms with Crippen LogP contribution in [0.15, 0.2) is 35.5 Å². The third kappa shape index (κ3) is 3.22. The lowest BCUT2D eigenvalue weighted by Gasteiger charge is -2.27. The van der Waals surface area contributed by atoms with Crippen LogP contribution in [0.25, 0.3) is 0 Å². The SMILES string of the molecule is CC(Sc1nnc(N2CCOCC2)n1C)c1ccccc1. The number of anilines is 1. The molecule has 21 heavy (non-hydrogen) atoms. The average Bonchev–Trinajstić information content (AvgIpc) is 2.90. The van der Waals surface area contributed by atoms with Crippen LogP contribution in [0.2, 0.25) is 0 Å². The summed E-state index contributed by atoms with van der Waals surface area (Å²) in [6, 6.07) is 10.5. The van der Waals surface area contributed by atoms with E-state index in [1.165, 1.54) is 5.56 Å². The first-order valence-corrected chi connectivity index (χ1v) is 8.07. The van der Waals surface area contributed by atoms with Crippen molar-refractivity contribution in [3.63, 3.8) is 0 Å². The van der Waals surface area contributed by atoms with Crippen molar-refractivity contribution < 1.29 is 4.74 Å². The maximum Gasteiger partial charge on any atom is 0.227 e. The number of hydrogen-bond donors (Lipinski definition) is 0. The summed E-state index contributed by atoms with van der Waals surface area (Å²) in [5.74, 6) is 0.932. The van der Waals surface area contributed by atoms with E-state index in [9.17, 15) is 0 Å². The lowest BCUT2D eigenvalue weighted by molar-refractivity contribution is 0.121. The molecule has 1 saturated heterocycles. The minimum atomic E-state index is 0.353. The van der Waals surface area contributed by atoms with Gasteiger partial charge in [-0.3, -0.25) is 4.57 Å². The van der Waals surface area contributed by atoms with Crippen LogP contribution in [0.5, 0.6) is 0 Å². The van der Waals surface area contributed by atoms with Gasteiger partial charge in [-0.05, 0) is 12.5 Å². The summed E-state index contributed by atoms with van der Waals surface area (Å²) < 4.78 is 7.46. The Labute approximate surface area is 129 Å². The number of ether oxygens (including phenoxy) is 1. The van der Waals surface area contributed by atoms with Gasteiger partial charge in [0.2, 0.25) is 5.95 Å². The Morgan fingerprint density at radius 1 is 1.14 bits per heavy atom. The molecule has 2 heterocycles. The molecule has 0 radical (unpaired) electrons. The fourth-order valence-corrected chi connectivity index (χ4v) is 3.34. The van der Waals surface area contributed by atoms with Gasteiger partial charge in [0.15, 0.2) is 5.16 Å². The highest BCUT2D eigenvalue weighted by atomic mass is 32.2. The van der Waals surface area contributed by atoms with Crippen molar-refractivity contribution >= 4 is 17.7 Å². The Kier molecular flexibility index (Phi) is 4.45. The number of aromatic nitrogens is 3. The fourth-order valence-electron chi connectivity index (χ4n) is 2.40. The summed E-state index contributed by atoms with van der Waals surface area (Å²) >= 11 is 1.74. The summed E-state index contributed by atoms with van der Waals surface area (Å²) in [5.41, 5.74) is 1.30. The molecule has 1 aliphatic rings. The zero-order valence-electron chi connectivity index (χ0n) is 12.4. The molecule has 0 N–H and O–H groups in total. The topological polar surface area (TPSA) is 43.2 Å². The molecule has 0 bridgehead atoms. The number of thioether (sulfide) groups is 1. The summed E-state index contributed by atoms with van der Waals surface area (Å²) in [5, 5.41) is 10.0. The Balaban J connectivity index is 1.73. The maximum absolute atomic E-state index is 5.39. The highest BCUT2D eigenvalue weighted by molar-refractivity contribution is 7.99. The van der Waals surface area contributed by atoms with Gasteiger partial charge in [-0.25, -0.2) is 0 Å². The molecule has 6 heteroatoms. The van der Waals surface area contributed by atoms with Crippen LogP contribution in [0.1, 0.15) is 17.7 Å². The zero-order valence-corrected chi connectivity index (χ0v) is 13.2. The van der Waals surface area contributed by atoms with Crippen molar-refractivity contribution in [1.29, 1.82) is 0 Å². The molecule has 1 fully saturated rings. The highest BCUT2D eigenvalue weighted by Crippen LogP contribution is 2.34. The van der Waals surface area contributed by atoms with Gasteiger partial charge in [0.25, 0.3) is 0 Å². The van der Waals surface area contributed by atoms with Gasteiger partial charge in [-0.2, -0.15) is 0 Å². The lowest BCUT2D eigenvalue weighted by Crippen LogP contribution is -2.37. The molecule has 1 unspecified atom stereocenters. The molecule has 2 aromatic rings. The standard InChI is InChI=1S/C15H20N4OS/c1-12(13-6-4-3-5-7-13)21-15-17-16-14(18(15)2)19-8-10-20-11-9-19/h3-7,12H,8-11H2,1-2H3. The molecule has 3 rings (SSSR count). The van der Waals surface area contributed by atoms with Crippen LogP contribution < -0.4 is 4.90 Å². The molecule has 1 aromatic heterocycles. The third-order valence-corrected chi connectivity index (χ3v) is 4.85. The molecule has 112 valence electrons. The summed E-state index contributed by atoms with van der Waals surface area (Å²) in [6.07, 6.45) is 0.